The first-order valence-corrected chi connectivity index (χ1v) is 6.71. The molecule has 0 aliphatic rings. The molecule has 1 heterocycles. The number of nitrogens with two attached hydrogens (primary N) is 1. The fourth-order valence-corrected chi connectivity index (χ4v) is 2.36. The SMILES string of the molecule is Nc1ccn(C(=O)C(c2ccccc2)c2ccccc2)n1. The van der Waals surface area contributed by atoms with Crippen LogP contribution >= 0.6 is 0 Å². The minimum atomic E-state index is -0.397. The zero-order valence-corrected chi connectivity index (χ0v) is 11.4. The number of rotatable bonds is 3. The van der Waals surface area contributed by atoms with E-state index in [-0.39, 0.29) is 5.91 Å². The highest BCUT2D eigenvalue weighted by Crippen LogP contribution is 2.26. The topological polar surface area (TPSA) is 60.9 Å². The maximum Gasteiger partial charge on any atom is 0.258 e. The average Bonchev–Trinajstić information content (AvgIpc) is 2.96. The summed E-state index contributed by atoms with van der Waals surface area (Å²) in [5.74, 6) is -0.181. The van der Waals surface area contributed by atoms with Gasteiger partial charge in [0.05, 0.1) is 5.92 Å². The maximum absolute atomic E-state index is 12.8. The first kappa shape index (κ1) is 13.1. The predicted octanol–water partition coefficient (Wildman–Crippen LogP) is 2.94. The standard InChI is InChI=1S/C17H15N3O/c18-15-11-12-20(19-15)17(21)16(13-7-3-1-4-8-13)14-9-5-2-6-10-14/h1-12,16H,(H2,18,19). The molecule has 0 bridgehead atoms. The van der Waals surface area contributed by atoms with E-state index in [1.165, 1.54) is 4.68 Å². The van der Waals surface area contributed by atoms with Crippen LogP contribution in [0.5, 0.6) is 0 Å². The molecule has 0 aliphatic heterocycles. The van der Waals surface area contributed by atoms with Gasteiger partial charge in [0.25, 0.3) is 5.91 Å². The van der Waals surface area contributed by atoms with Crippen LogP contribution in [0, 0.1) is 0 Å². The second kappa shape index (κ2) is 5.63. The fraction of sp³-hybridized carbons (Fsp3) is 0.0588. The average molecular weight is 277 g/mol. The lowest BCUT2D eigenvalue weighted by Crippen LogP contribution is -2.21. The molecular formula is C17H15N3O. The van der Waals surface area contributed by atoms with Crippen LogP contribution in [0.1, 0.15) is 21.8 Å². The zero-order chi connectivity index (χ0) is 14.7. The number of hydrogen-bond donors (Lipinski definition) is 1. The summed E-state index contributed by atoms with van der Waals surface area (Å²) in [5.41, 5.74) is 7.48. The van der Waals surface area contributed by atoms with Gasteiger partial charge in [0.1, 0.15) is 5.82 Å². The Morgan fingerprint density at radius 3 is 1.86 bits per heavy atom. The number of aromatic nitrogens is 2. The van der Waals surface area contributed by atoms with Gasteiger partial charge < -0.3 is 5.73 Å². The Hall–Kier alpha value is -2.88. The minimum absolute atomic E-state index is 0.121. The lowest BCUT2D eigenvalue weighted by Gasteiger charge is -2.16. The highest BCUT2D eigenvalue weighted by atomic mass is 16.2. The summed E-state index contributed by atoms with van der Waals surface area (Å²) in [5, 5.41) is 4.03. The van der Waals surface area contributed by atoms with Crippen molar-refractivity contribution in [1.82, 2.24) is 9.78 Å². The van der Waals surface area contributed by atoms with Gasteiger partial charge in [-0.3, -0.25) is 4.79 Å². The van der Waals surface area contributed by atoms with E-state index < -0.39 is 5.92 Å². The van der Waals surface area contributed by atoms with Crippen molar-refractivity contribution in [2.75, 3.05) is 5.73 Å². The number of carbonyl (C=O) groups is 1. The molecule has 0 saturated carbocycles. The summed E-state index contributed by atoms with van der Waals surface area (Å²) >= 11 is 0. The van der Waals surface area contributed by atoms with Crippen LogP contribution < -0.4 is 5.73 Å². The Morgan fingerprint density at radius 1 is 0.905 bits per heavy atom. The lowest BCUT2D eigenvalue weighted by atomic mass is 9.90. The molecule has 0 spiro atoms. The Bertz CT molecular complexity index is 695. The number of nitrogens with zero attached hydrogens (tertiary/aromatic N) is 2. The summed E-state index contributed by atoms with van der Waals surface area (Å²) < 4.78 is 1.31. The largest absolute Gasteiger partial charge is 0.382 e. The minimum Gasteiger partial charge on any atom is -0.382 e. The number of benzene rings is 2. The van der Waals surface area contributed by atoms with Crippen LogP contribution in [-0.2, 0) is 0 Å². The van der Waals surface area contributed by atoms with Gasteiger partial charge in [0, 0.05) is 12.3 Å². The summed E-state index contributed by atoms with van der Waals surface area (Å²) in [6, 6.07) is 21.0. The first-order chi connectivity index (χ1) is 10.3. The Morgan fingerprint density at radius 2 is 1.43 bits per heavy atom. The molecule has 0 amide bonds. The van der Waals surface area contributed by atoms with E-state index in [9.17, 15) is 4.79 Å². The summed E-state index contributed by atoms with van der Waals surface area (Å²) in [6.45, 7) is 0. The van der Waals surface area contributed by atoms with Crippen molar-refractivity contribution in [3.63, 3.8) is 0 Å². The third kappa shape index (κ3) is 2.69. The smallest absolute Gasteiger partial charge is 0.258 e. The van der Waals surface area contributed by atoms with Crippen LogP contribution in [0.2, 0.25) is 0 Å². The quantitative estimate of drug-likeness (QED) is 0.800. The van der Waals surface area contributed by atoms with Crippen molar-refractivity contribution >= 4 is 11.7 Å². The highest BCUT2D eigenvalue weighted by Gasteiger charge is 2.24. The van der Waals surface area contributed by atoms with Gasteiger partial charge in [-0.2, -0.15) is 0 Å². The second-order valence-corrected chi connectivity index (χ2v) is 4.78. The second-order valence-electron chi connectivity index (χ2n) is 4.78. The molecule has 2 aromatic carbocycles. The van der Waals surface area contributed by atoms with E-state index in [1.54, 1.807) is 12.3 Å². The third-order valence-corrected chi connectivity index (χ3v) is 3.35. The first-order valence-electron chi connectivity index (χ1n) is 6.71. The van der Waals surface area contributed by atoms with Crippen molar-refractivity contribution in [1.29, 1.82) is 0 Å². The van der Waals surface area contributed by atoms with E-state index in [0.717, 1.165) is 11.1 Å². The van der Waals surface area contributed by atoms with Gasteiger partial charge in [-0.15, -0.1) is 5.10 Å². The van der Waals surface area contributed by atoms with Gasteiger partial charge >= 0.3 is 0 Å². The Labute approximate surface area is 122 Å². The van der Waals surface area contributed by atoms with E-state index in [4.69, 9.17) is 5.73 Å². The van der Waals surface area contributed by atoms with Gasteiger partial charge in [-0.1, -0.05) is 60.7 Å². The van der Waals surface area contributed by atoms with Gasteiger partial charge in [-0.25, -0.2) is 4.68 Å². The molecule has 104 valence electrons. The molecule has 3 aromatic rings. The fourth-order valence-electron chi connectivity index (χ4n) is 2.36. The van der Waals surface area contributed by atoms with Crippen molar-refractivity contribution in [3.8, 4) is 0 Å². The van der Waals surface area contributed by atoms with Crippen molar-refractivity contribution < 1.29 is 4.79 Å². The molecule has 4 heteroatoms. The molecule has 0 unspecified atom stereocenters. The Balaban J connectivity index is 2.07. The van der Waals surface area contributed by atoms with Crippen LogP contribution in [0.4, 0.5) is 5.82 Å². The lowest BCUT2D eigenvalue weighted by molar-refractivity contribution is 0.0877. The van der Waals surface area contributed by atoms with E-state index in [1.807, 2.05) is 60.7 Å². The molecule has 0 radical (unpaired) electrons. The summed E-state index contributed by atoms with van der Waals surface area (Å²) in [7, 11) is 0. The Kier molecular flexibility index (Phi) is 3.51. The molecule has 0 aliphatic carbocycles. The number of carbonyl (C=O) groups excluding carboxylic acids is 1. The van der Waals surface area contributed by atoms with Crippen molar-refractivity contribution in [2.45, 2.75) is 5.92 Å². The van der Waals surface area contributed by atoms with Crippen LogP contribution in [0.3, 0.4) is 0 Å². The van der Waals surface area contributed by atoms with E-state index in [2.05, 4.69) is 5.10 Å². The highest BCUT2D eigenvalue weighted by molar-refractivity contribution is 5.88. The number of nitrogen functional groups attached to an aromatic ring is 1. The summed E-state index contributed by atoms with van der Waals surface area (Å²) in [4.78, 5) is 12.8. The van der Waals surface area contributed by atoms with Crippen LogP contribution in [-0.4, -0.2) is 15.7 Å². The van der Waals surface area contributed by atoms with Gasteiger partial charge in [-0.05, 0) is 11.1 Å². The summed E-state index contributed by atoms with van der Waals surface area (Å²) in [6.07, 6.45) is 1.59. The van der Waals surface area contributed by atoms with Crippen molar-refractivity contribution in [3.05, 3.63) is 84.1 Å². The normalized spacial score (nSPS) is 10.7. The van der Waals surface area contributed by atoms with Crippen LogP contribution in [0.25, 0.3) is 0 Å². The molecule has 0 fully saturated rings. The monoisotopic (exact) mass is 277 g/mol. The van der Waals surface area contributed by atoms with Crippen LogP contribution in [0.15, 0.2) is 72.9 Å². The number of anilines is 1. The molecule has 2 N–H and O–H groups in total. The van der Waals surface area contributed by atoms with Gasteiger partial charge in [0.15, 0.2) is 0 Å². The maximum atomic E-state index is 12.8. The van der Waals surface area contributed by atoms with E-state index in [0.29, 0.717) is 5.82 Å². The predicted molar refractivity (Wildman–Crippen MR) is 82.0 cm³/mol. The van der Waals surface area contributed by atoms with E-state index >= 15 is 0 Å². The molecule has 1 aromatic heterocycles. The molecule has 4 nitrogen and oxygen atoms in total. The molecule has 0 atom stereocenters. The van der Waals surface area contributed by atoms with Gasteiger partial charge in [0.2, 0.25) is 0 Å². The molecule has 3 rings (SSSR count). The zero-order valence-electron chi connectivity index (χ0n) is 11.4. The molecular weight excluding hydrogens is 262 g/mol. The number of hydrogen-bond acceptors (Lipinski definition) is 3. The van der Waals surface area contributed by atoms with Crippen molar-refractivity contribution in [2.24, 2.45) is 0 Å². The molecule has 21 heavy (non-hydrogen) atoms. The molecule has 0 saturated heterocycles. The third-order valence-electron chi connectivity index (χ3n) is 3.35.